The third-order valence-corrected chi connectivity index (χ3v) is 5.92. The zero-order valence-corrected chi connectivity index (χ0v) is 18.4. The summed E-state index contributed by atoms with van der Waals surface area (Å²) in [6.07, 6.45) is 3.85. The van der Waals surface area contributed by atoms with Crippen molar-refractivity contribution in [3.05, 3.63) is 59.7 Å². The minimum Gasteiger partial charge on any atom is -0.389 e. The number of anilines is 2. The second-order valence-electron chi connectivity index (χ2n) is 8.40. The van der Waals surface area contributed by atoms with Gasteiger partial charge in [-0.3, -0.25) is 9.69 Å². The highest BCUT2D eigenvalue weighted by Gasteiger charge is 2.29. The number of fused-ring (bicyclic) bond motifs is 1. The molecule has 1 aliphatic heterocycles. The number of ketones is 1. The molecule has 1 fully saturated rings. The van der Waals surface area contributed by atoms with Crippen LogP contribution in [0.4, 0.5) is 11.6 Å². The highest BCUT2D eigenvalue weighted by Crippen LogP contribution is 2.24. The number of nitrogens with zero attached hydrogens (tertiary/aromatic N) is 5. The number of nitrogens with one attached hydrogen (secondary N) is 2. The van der Waals surface area contributed by atoms with Crippen LogP contribution in [0.5, 0.6) is 0 Å². The second-order valence-corrected chi connectivity index (χ2v) is 8.40. The highest BCUT2D eigenvalue weighted by molar-refractivity contribution is 6.07. The highest BCUT2D eigenvalue weighted by atomic mass is 16.3. The number of benzene rings is 1. The molecule has 1 aromatic carbocycles. The lowest BCUT2D eigenvalue weighted by molar-refractivity contribution is 0.0572. The number of hydrogen-bond donors (Lipinski definition) is 4. The predicted molar refractivity (Wildman–Crippen MR) is 123 cm³/mol. The summed E-state index contributed by atoms with van der Waals surface area (Å²) in [5, 5.41) is 28.2. The van der Waals surface area contributed by atoms with Gasteiger partial charge in [0.15, 0.2) is 11.6 Å². The summed E-state index contributed by atoms with van der Waals surface area (Å²) in [5.74, 6) is 1.02. The Hall–Kier alpha value is -3.60. The number of aliphatic hydroxyl groups excluding tert-OH is 2. The zero-order chi connectivity index (χ0) is 23.1. The Kier molecular flexibility index (Phi) is 5.41. The van der Waals surface area contributed by atoms with E-state index >= 15 is 0 Å². The molecule has 0 aliphatic carbocycles. The van der Waals surface area contributed by atoms with Gasteiger partial charge in [0.2, 0.25) is 5.95 Å². The molecule has 0 bridgehead atoms. The van der Waals surface area contributed by atoms with Crippen LogP contribution in [0.3, 0.4) is 0 Å². The Morgan fingerprint density at radius 2 is 2.03 bits per heavy atom. The summed E-state index contributed by atoms with van der Waals surface area (Å²) in [5.41, 5.74) is 4.15. The van der Waals surface area contributed by atoms with Gasteiger partial charge in [-0.05, 0) is 32.0 Å². The molecule has 2 atom stereocenters. The molecule has 10 heteroatoms. The first kappa shape index (κ1) is 21.3. The summed E-state index contributed by atoms with van der Waals surface area (Å²) in [4.78, 5) is 25.9. The smallest absolute Gasteiger partial charge is 0.229 e. The molecule has 0 saturated carbocycles. The number of aromatic amines is 1. The Balaban J connectivity index is 1.36. The standard InChI is InChI=1S/C23H25N7O3/c1-13-15(9-29-11-20(32)21(33)12-29)10-30(28-13)22-5-6-24-23(27-22)26-16-3-4-19-17(7-16)18(8-25-19)14(2)31/h3-8,10,20-21,25,32-33H,9,11-12H2,1-2H3,(H,24,26,27)/t20-,21+. The van der Waals surface area contributed by atoms with Gasteiger partial charge in [0.1, 0.15) is 0 Å². The third-order valence-electron chi connectivity index (χ3n) is 5.92. The minimum absolute atomic E-state index is 0.000507. The summed E-state index contributed by atoms with van der Waals surface area (Å²) in [6.45, 7) is 4.93. The molecule has 0 amide bonds. The number of rotatable bonds is 6. The van der Waals surface area contributed by atoms with Gasteiger partial charge in [0.25, 0.3) is 0 Å². The zero-order valence-electron chi connectivity index (χ0n) is 18.4. The fraction of sp³-hybridized carbons (Fsp3) is 0.304. The van der Waals surface area contributed by atoms with E-state index in [2.05, 4.69) is 25.4 Å². The summed E-state index contributed by atoms with van der Waals surface area (Å²) in [6, 6.07) is 7.47. The molecule has 4 N–H and O–H groups in total. The van der Waals surface area contributed by atoms with Crippen molar-refractivity contribution >= 4 is 28.3 Å². The van der Waals surface area contributed by atoms with E-state index in [1.807, 2.05) is 36.2 Å². The van der Waals surface area contributed by atoms with E-state index in [0.717, 1.165) is 27.8 Å². The number of carbonyl (C=O) groups is 1. The van der Waals surface area contributed by atoms with E-state index in [4.69, 9.17) is 0 Å². The van der Waals surface area contributed by atoms with Crippen molar-refractivity contribution in [2.75, 3.05) is 18.4 Å². The molecule has 0 radical (unpaired) electrons. The number of hydrogen-bond acceptors (Lipinski definition) is 8. The van der Waals surface area contributed by atoms with Gasteiger partial charge in [0, 0.05) is 72.0 Å². The van der Waals surface area contributed by atoms with Gasteiger partial charge in [-0.2, -0.15) is 10.1 Å². The fourth-order valence-corrected chi connectivity index (χ4v) is 4.14. The van der Waals surface area contributed by atoms with Crippen molar-refractivity contribution in [1.82, 2.24) is 29.6 Å². The van der Waals surface area contributed by atoms with Crippen molar-refractivity contribution in [2.45, 2.75) is 32.6 Å². The van der Waals surface area contributed by atoms with Crippen LogP contribution in [0.25, 0.3) is 16.7 Å². The van der Waals surface area contributed by atoms with Crippen molar-refractivity contribution in [1.29, 1.82) is 0 Å². The van der Waals surface area contributed by atoms with Crippen LogP contribution >= 0.6 is 0 Å². The molecular weight excluding hydrogens is 422 g/mol. The fourth-order valence-electron chi connectivity index (χ4n) is 4.14. The Labute approximate surface area is 189 Å². The summed E-state index contributed by atoms with van der Waals surface area (Å²) < 4.78 is 1.70. The third kappa shape index (κ3) is 4.23. The van der Waals surface area contributed by atoms with Crippen molar-refractivity contribution < 1.29 is 15.0 Å². The van der Waals surface area contributed by atoms with Crippen LogP contribution in [0.2, 0.25) is 0 Å². The van der Waals surface area contributed by atoms with Gasteiger partial charge >= 0.3 is 0 Å². The Morgan fingerprint density at radius 1 is 1.24 bits per heavy atom. The van der Waals surface area contributed by atoms with Gasteiger partial charge in [0.05, 0.1) is 17.9 Å². The molecule has 3 aromatic heterocycles. The molecule has 4 heterocycles. The first-order valence-electron chi connectivity index (χ1n) is 10.7. The van der Waals surface area contributed by atoms with Crippen LogP contribution in [-0.4, -0.2) is 70.9 Å². The maximum absolute atomic E-state index is 11.9. The molecule has 0 spiro atoms. The van der Waals surface area contributed by atoms with Gasteiger partial charge < -0.3 is 20.5 Å². The van der Waals surface area contributed by atoms with Crippen molar-refractivity contribution in [3.8, 4) is 5.82 Å². The number of H-pyrrole nitrogens is 1. The molecule has 5 rings (SSSR count). The van der Waals surface area contributed by atoms with Crippen LogP contribution in [0, 0.1) is 6.92 Å². The average Bonchev–Trinajstić information content (AvgIpc) is 3.46. The maximum Gasteiger partial charge on any atom is 0.229 e. The van der Waals surface area contributed by atoms with Crippen LogP contribution in [-0.2, 0) is 6.54 Å². The lowest BCUT2D eigenvalue weighted by Gasteiger charge is -2.13. The molecule has 33 heavy (non-hydrogen) atoms. The monoisotopic (exact) mass is 447 g/mol. The SMILES string of the molecule is CC(=O)c1c[nH]c2ccc(Nc3nccc(-n4cc(CN5C[C@@H](O)[C@@H](O)C5)c(C)n4)n3)cc12. The van der Waals surface area contributed by atoms with Crippen molar-refractivity contribution in [2.24, 2.45) is 0 Å². The lowest BCUT2D eigenvalue weighted by atomic mass is 10.1. The van der Waals surface area contributed by atoms with E-state index < -0.39 is 12.2 Å². The number of likely N-dealkylation sites (tertiary alicyclic amines) is 1. The van der Waals surface area contributed by atoms with Crippen LogP contribution in [0.15, 0.2) is 42.9 Å². The van der Waals surface area contributed by atoms with E-state index in [1.54, 1.807) is 30.1 Å². The predicted octanol–water partition coefficient (Wildman–Crippen LogP) is 1.94. The van der Waals surface area contributed by atoms with Gasteiger partial charge in [-0.25, -0.2) is 9.67 Å². The molecule has 4 aromatic rings. The van der Waals surface area contributed by atoms with Crippen molar-refractivity contribution in [3.63, 3.8) is 0 Å². The number of carbonyl (C=O) groups excluding carboxylic acids is 1. The Bertz CT molecular complexity index is 1320. The maximum atomic E-state index is 11.9. The molecular formula is C23H25N7O3. The van der Waals surface area contributed by atoms with Gasteiger partial charge in [-0.1, -0.05) is 0 Å². The Morgan fingerprint density at radius 3 is 2.79 bits per heavy atom. The number of β-amino-alcohol motifs (C(OH)–C–C–N with tert-alkyl or cyclic N) is 2. The summed E-state index contributed by atoms with van der Waals surface area (Å²) >= 11 is 0. The number of aliphatic hydroxyl groups is 2. The van der Waals surface area contributed by atoms with E-state index in [-0.39, 0.29) is 5.78 Å². The average molecular weight is 447 g/mol. The van der Waals surface area contributed by atoms with Gasteiger partial charge in [-0.15, -0.1) is 0 Å². The lowest BCUT2D eigenvalue weighted by Crippen LogP contribution is -2.22. The molecule has 1 aliphatic rings. The summed E-state index contributed by atoms with van der Waals surface area (Å²) in [7, 11) is 0. The second kappa shape index (κ2) is 8.39. The molecule has 10 nitrogen and oxygen atoms in total. The van der Waals surface area contributed by atoms with E-state index in [0.29, 0.717) is 37.0 Å². The normalized spacial score (nSPS) is 18.8. The number of aryl methyl sites for hydroxylation is 1. The first-order chi connectivity index (χ1) is 15.9. The van der Waals surface area contributed by atoms with Crippen LogP contribution in [0.1, 0.15) is 28.5 Å². The molecule has 170 valence electrons. The number of Topliss-reactive ketones (excluding diaryl/α,β-unsaturated/α-hetero) is 1. The van der Waals surface area contributed by atoms with E-state index in [9.17, 15) is 15.0 Å². The minimum atomic E-state index is -0.715. The van der Waals surface area contributed by atoms with E-state index in [1.165, 1.54) is 0 Å². The van der Waals surface area contributed by atoms with Crippen LogP contribution < -0.4 is 5.32 Å². The first-order valence-corrected chi connectivity index (χ1v) is 10.7. The topological polar surface area (TPSA) is 132 Å². The quantitative estimate of drug-likeness (QED) is 0.330. The largest absolute Gasteiger partial charge is 0.389 e. The molecule has 0 unspecified atom stereocenters. The number of aromatic nitrogens is 5. The molecule has 1 saturated heterocycles.